The Kier molecular flexibility index (Phi) is 4.82. The molecule has 1 aliphatic carbocycles. The van der Waals surface area contributed by atoms with Crippen LogP contribution in [0, 0.1) is 5.92 Å². The van der Waals surface area contributed by atoms with E-state index >= 15 is 0 Å². The van der Waals surface area contributed by atoms with Crippen LogP contribution in [0.3, 0.4) is 0 Å². The number of nitrogens with two attached hydrogens (primary N) is 1. The molecule has 0 amide bonds. The fraction of sp³-hybridized carbons (Fsp3) is 0.833. The van der Waals surface area contributed by atoms with Gasteiger partial charge in [-0.25, -0.2) is 4.98 Å². The summed E-state index contributed by atoms with van der Waals surface area (Å²) >= 11 is 3.37. The molecule has 17 heavy (non-hydrogen) atoms. The van der Waals surface area contributed by atoms with Crippen molar-refractivity contribution in [2.75, 3.05) is 0 Å². The molecular formula is C12H21N3S2. The summed E-state index contributed by atoms with van der Waals surface area (Å²) in [4.78, 5) is 4.52. The molecule has 0 spiro atoms. The Hall–Kier alpha value is -0.130. The van der Waals surface area contributed by atoms with Crippen LogP contribution in [0.5, 0.6) is 0 Å². The largest absolute Gasteiger partial charge is 0.327 e. The molecule has 1 heterocycles. The van der Waals surface area contributed by atoms with Crippen LogP contribution in [0.2, 0.25) is 0 Å². The number of hydrogen-bond donors (Lipinski definition) is 1. The molecule has 0 aromatic carbocycles. The smallest absolute Gasteiger partial charge is 0.170 e. The summed E-state index contributed by atoms with van der Waals surface area (Å²) in [5, 5.41) is 0.534. The molecular weight excluding hydrogens is 250 g/mol. The van der Waals surface area contributed by atoms with Gasteiger partial charge in [0.15, 0.2) is 4.34 Å². The summed E-state index contributed by atoms with van der Waals surface area (Å²) in [6.07, 6.45) is 5.90. The van der Waals surface area contributed by atoms with E-state index in [1.54, 1.807) is 0 Å². The summed E-state index contributed by atoms with van der Waals surface area (Å²) in [6.45, 7) is 4.37. The Balaban J connectivity index is 1.96. The van der Waals surface area contributed by atoms with Crippen LogP contribution in [-0.4, -0.2) is 20.6 Å². The van der Waals surface area contributed by atoms with E-state index in [0.29, 0.717) is 11.3 Å². The summed E-state index contributed by atoms with van der Waals surface area (Å²) in [5.74, 6) is 1.82. The van der Waals surface area contributed by atoms with Gasteiger partial charge in [0.2, 0.25) is 0 Å². The molecule has 0 saturated heterocycles. The summed E-state index contributed by atoms with van der Waals surface area (Å²) in [6, 6.07) is 0.330. The van der Waals surface area contributed by atoms with Crippen molar-refractivity contribution < 1.29 is 0 Å². The Morgan fingerprint density at radius 2 is 2.24 bits per heavy atom. The lowest BCUT2D eigenvalue weighted by atomic mass is 9.84. The minimum absolute atomic E-state index is 0.330. The molecule has 0 radical (unpaired) electrons. The van der Waals surface area contributed by atoms with Gasteiger partial charge in [-0.3, -0.25) is 0 Å². The lowest BCUT2D eigenvalue weighted by Gasteiger charge is -2.32. The maximum absolute atomic E-state index is 6.22. The van der Waals surface area contributed by atoms with Crippen LogP contribution >= 0.6 is 23.3 Å². The fourth-order valence-corrected chi connectivity index (χ4v) is 4.55. The number of aryl methyl sites for hydroxylation is 1. The first-order chi connectivity index (χ1) is 8.22. The molecule has 1 aromatic heterocycles. The van der Waals surface area contributed by atoms with Crippen LogP contribution in [-0.2, 0) is 6.42 Å². The van der Waals surface area contributed by atoms with Crippen LogP contribution in [0.1, 0.15) is 45.4 Å². The molecule has 2 N–H and O–H groups in total. The molecule has 1 aliphatic rings. The summed E-state index contributed by atoms with van der Waals surface area (Å²) in [7, 11) is 0. The average Bonchev–Trinajstić information content (AvgIpc) is 2.80. The highest BCUT2D eigenvalue weighted by Gasteiger charge is 2.28. The van der Waals surface area contributed by atoms with E-state index < -0.39 is 0 Å². The Labute approximate surface area is 112 Å². The third-order valence-electron chi connectivity index (χ3n) is 3.55. The number of aromatic nitrogens is 2. The maximum Gasteiger partial charge on any atom is 0.170 e. The van der Waals surface area contributed by atoms with E-state index in [4.69, 9.17) is 5.73 Å². The molecule has 1 fully saturated rings. The molecule has 3 unspecified atom stereocenters. The first-order valence-electron chi connectivity index (χ1n) is 6.47. The third-order valence-corrected chi connectivity index (χ3v) is 5.75. The molecule has 3 atom stereocenters. The van der Waals surface area contributed by atoms with Crippen molar-refractivity contribution in [3.63, 3.8) is 0 Å². The quantitative estimate of drug-likeness (QED) is 0.914. The van der Waals surface area contributed by atoms with Crippen molar-refractivity contribution in [2.24, 2.45) is 11.7 Å². The third kappa shape index (κ3) is 3.42. The van der Waals surface area contributed by atoms with Crippen molar-refractivity contribution in [3.05, 3.63) is 5.82 Å². The molecule has 1 saturated carbocycles. The van der Waals surface area contributed by atoms with E-state index in [0.717, 1.165) is 28.9 Å². The minimum atomic E-state index is 0.330. The highest BCUT2D eigenvalue weighted by atomic mass is 32.2. The lowest BCUT2D eigenvalue weighted by Crippen LogP contribution is -2.38. The Morgan fingerprint density at radius 1 is 1.41 bits per heavy atom. The second-order valence-corrected chi connectivity index (χ2v) is 6.98. The van der Waals surface area contributed by atoms with Gasteiger partial charge in [0.25, 0.3) is 0 Å². The predicted molar refractivity (Wildman–Crippen MR) is 74.5 cm³/mol. The normalized spacial score (nSPS) is 29.5. The van der Waals surface area contributed by atoms with E-state index in [-0.39, 0.29) is 0 Å². The van der Waals surface area contributed by atoms with Crippen LogP contribution in [0.4, 0.5) is 0 Å². The zero-order valence-corrected chi connectivity index (χ0v) is 12.2. The number of rotatable bonds is 4. The highest BCUT2D eigenvalue weighted by molar-refractivity contribution is 8.01. The molecule has 0 aliphatic heterocycles. The van der Waals surface area contributed by atoms with E-state index in [1.807, 2.05) is 11.8 Å². The second-order valence-electron chi connectivity index (χ2n) is 4.74. The molecule has 0 bridgehead atoms. The molecule has 96 valence electrons. The van der Waals surface area contributed by atoms with E-state index in [1.165, 1.54) is 30.8 Å². The first kappa shape index (κ1) is 13.3. The molecule has 5 heteroatoms. The predicted octanol–water partition coefficient (Wildman–Crippen LogP) is 3.10. The number of nitrogens with zero attached hydrogens (tertiary/aromatic N) is 2. The minimum Gasteiger partial charge on any atom is -0.327 e. The molecule has 2 rings (SSSR count). The van der Waals surface area contributed by atoms with Crippen LogP contribution in [0.25, 0.3) is 0 Å². The number of hydrogen-bond acceptors (Lipinski definition) is 5. The van der Waals surface area contributed by atoms with Gasteiger partial charge in [0, 0.05) is 17.7 Å². The van der Waals surface area contributed by atoms with Gasteiger partial charge in [0.1, 0.15) is 5.82 Å². The standard InChI is InChI=1S/C12H21N3S2/c1-3-8-5-6-9(13)10(7-8)16-12-14-11(4-2)15-17-12/h8-10H,3-7,13H2,1-2H3. The van der Waals surface area contributed by atoms with Crippen molar-refractivity contribution >= 4 is 23.3 Å². The van der Waals surface area contributed by atoms with E-state index in [9.17, 15) is 0 Å². The van der Waals surface area contributed by atoms with Gasteiger partial charge in [-0.1, -0.05) is 32.0 Å². The maximum atomic E-state index is 6.22. The highest BCUT2D eigenvalue weighted by Crippen LogP contribution is 2.37. The summed E-state index contributed by atoms with van der Waals surface area (Å²) in [5.41, 5.74) is 6.22. The van der Waals surface area contributed by atoms with E-state index in [2.05, 4.69) is 23.2 Å². The Morgan fingerprint density at radius 3 is 2.88 bits per heavy atom. The number of thioether (sulfide) groups is 1. The summed E-state index contributed by atoms with van der Waals surface area (Å²) < 4.78 is 5.43. The van der Waals surface area contributed by atoms with Crippen LogP contribution in [0.15, 0.2) is 4.34 Å². The van der Waals surface area contributed by atoms with Gasteiger partial charge >= 0.3 is 0 Å². The lowest BCUT2D eigenvalue weighted by molar-refractivity contribution is 0.327. The zero-order chi connectivity index (χ0) is 12.3. The van der Waals surface area contributed by atoms with Crippen LogP contribution < -0.4 is 5.73 Å². The van der Waals surface area contributed by atoms with Gasteiger partial charge in [-0.15, -0.1) is 0 Å². The SMILES string of the molecule is CCc1nsc(SC2CC(CC)CCC2N)n1. The molecule has 1 aromatic rings. The van der Waals surface area contributed by atoms with Crippen molar-refractivity contribution in [1.82, 2.24) is 9.36 Å². The second kappa shape index (κ2) is 6.16. The molecule has 3 nitrogen and oxygen atoms in total. The van der Waals surface area contributed by atoms with Gasteiger partial charge in [-0.2, -0.15) is 4.37 Å². The monoisotopic (exact) mass is 271 g/mol. The average molecular weight is 271 g/mol. The Bertz CT molecular complexity index is 353. The van der Waals surface area contributed by atoms with Gasteiger partial charge < -0.3 is 5.73 Å². The van der Waals surface area contributed by atoms with Crippen molar-refractivity contribution in [2.45, 2.75) is 61.6 Å². The van der Waals surface area contributed by atoms with Gasteiger partial charge in [-0.05, 0) is 36.7 Å². The zero-order valence-electron chi connectivity index (χ0n) is 10.6. The van der Waals surface area contributed by atoms with Gasteiger partial charge in [0.05, 0.1) is 0 Å². The fourth-order valence-electron chi connectivity index (χ4n) is 2.30. The first-order valence-corrected chi connectivity index (χ1v) is 8.13. The topological polar surface area (TPSA) is 51.8 Å². The van der Waals surface area contributed by atoms with Crippen molar-refractivity contribution in [1.29, 1.82) is 0 Å². The van der Waals surface area contributed by atoms with Crippen molar-refractivity contribution in [3.8, 4) is 0 Å².